The van der Waals surface area contributed by atoms with E-state index in [1.165, 1.54) is 11.1 Å². The molecule has 110 valence electrons. The molecule has 1 heterocycles. The molecule has 21 heavy (non-hydrogen) atoms. The van der Waals surface area contributed by atoms with Gasteiger partial charge in [0.15, 0.2) is 0 Å². The standard InChI is InChI=1S/C18H20BrNO/c19-16-8-6-14(7-9-16)13-21-18-12-20-11-10-17(18)15-4-2-1-3-5-15/h1-9,17-18,20H,10-13H2. The highest BCUT2D eigenvalue weighted by Crippen LogP contribution is 2.28. The molecule has 2 nitrogen and oxygen atoms in total. The van der Waals surface area contributed by atoms with Crippen LogP contribution >= 0.6 is 15.9 Å². The largest absolute Gasteiger partial charge is 0.372 e. The third-order valence-electron chi connectivity index (χ3n) is 4.03. The summed E-state index contributed by atoms with van der Waals surface area (Å²) in [5.74, 6) is 0.489. The van der Waals surface area contributed by atoms with Crippen molar-refractivity contribution in [3.8, 4) is 0 Å². The Morgan fingerprint density at radius 1 is 1.05 bits per heavy atom. The van der Waals surface area contributed by atoms with Gasteiger partial charge in [-0.15, -0.1) is 0 Å². The summed E-state index contributed by atoms with van der Waals surface area (Å²) in [6, 6.07) is 19.1. The maximum atomic E-state index is 6.20. The van der Waals surface area contributed by atoms with E-state index in [1.54, 1.807) is 0 Å². The molecule has 3 heteroatoms. The number of hydrogen-bond acceptors (Lipinski definition) is 2. The predicted molar refractivity (Wildman–Crippen MR) is 89.4 cm³/mol. The third-order valence-corrected chi connectivity index (χ3v) is 4.56. The van der Waals surface area contributed by atoms with Crippen molar-refractivity contribution in [1.82, 2.24) is 5.32 Å². The highest BCUT2D eigenvalue weighted by Gasteiger charge is 2.26. The van der Waals surface area contributed by atoms with Gasteiger partial charge in [-0.2, -0.15) is 0 Å². The van der Waals surface area contributed by atoms with Crippen molar-refractivity contribution in [3.05, 3.63) is 70.2 Å². The molecule has 1 saturated heterocycles. The zero-order valence-corrected chi connectivity index (χ0v) is 13.6. The third kappa shape index (κ3) is 3.94. The second kappa shape index (κ2) is 7.21. The molecule has 1 aliphatic rings. The maximum absolute atomic E-state index is 6.20. The van der Waals surface area contributed by atoms with Crippen LogP contribution in [0.4, 0.5) is 0 Å². The Bertz CT molecular complexity index is 555. The van der Waals surface area contributed by atoms with Crippen LogP contribution in [0.15, 0.2) is 59.1 Å². The topological polar surface area (TPSA) is 21.3 Å². The molecule has 3 rings (SSSR count). The molecule has 2 unspecified atom stereocenters. The number of ether oxygens (including phenoxy) is 1. The van der Waals surface area contributed by atoms with Gasteiger partial charge < -0.3 is 10.1 Å². The molecule has 0 radical (unpaired) electrons. The number of piperidine rings is 1. The summed E-state index contributed by atoms with van der Waals surface area (Å²) in [5, 5.41) is 3.45. The van der Waals surface area contributed by atoms with Crippen LogP contribution in [0.1, 0.15) is 23.5 Å². The first-order valence-electron chi connectivity index (χ1n) is 7.44. The molecule has 0 aliphatic carbocycles. The van der Waals surface area contributed by atoms with E-state index in [1.807, 2.05) is 0 Å². The van der Waals surface area contributed by atoms with Crippen LogP contribution in [0.25, 0.3) is 0 Å². The molecule has 2 aromatic rings. The normalized spacial score (nSPS) is 22.1. The minimum Gasteiger partial charge on any atom is -0.372 e. The highest BCUT2D eigenvalue weighted by atomic mass is 79.9. The van der Waals surface area contributed by atoms with E-state index >= 15 is 0 Å². The smallest absolute Gasteiger partial charge is 0.0772 e. The van der Waals surface area contributed by atoms with E-state index in [-0.39, 0.29) is 6.10 Å². The Morgan fingerprint density at radius 2 is 1.81 bits per heavy atom. The Labute approximate surface area is 134 Å². The van der Waals surface area contributed by atoms with Gasteiger partial charge in [-0.3, -0.25) is 0 Å². The number of rotatable bonds is 4. The quantitative estimate of drug-likeness (QED) is 0.900. The van der Waals surface area contributed by atoms with Gasteiger partial charge in [0, 0.05) is 16.9 Å². The molecule has 0 spiro atoms. The predicted octanol–water partition coefficient (Wildman–Crippen LogP) is 4.11. The van der Waals surface area contributed by atoms with Crippen LogP contribution in [-0.4, -0.2) is 19.2 Å². The van der Waals surface area contributed by atoms with Crippen molar-refractivity contribution in [3.63, 3.8) is 0 Å². The highest BCUT2D eigenvalue weighted by molar-refractivity contribution is 9.10. The SMILES string of the molecule is Brc1ccc(COC2CNCCC2c2ccccc2)cc1. The summed E-state index contributed by atoms with van der Waals surface area (Å²) in [7, 11) is 0. The molecule has 1 N–H and O–H groups in total. The van der Waals surface area contributed by atoms with Gasteiger partial charge in [-0.25, -0.2) is 0 Å². The monoisotopic (exact) mass is 345 g/mol. The summed E-state index contributed by atoms with van der Waals surface area (Å²) < 4.78 is 7.30. The Hall–Kier alpha value is -1.16. The van der Waals surface area contributed by atoms with E-state index < -0.39 is 0 Å². The molecule has 0 aromatic heterocycles. The van der Waals surface area contributed by atoms with E-state index in [0.717, 1.165) is 24.0 Å². The summed E-state index contributed by atoms with van der Waals surface area (Å²) in [6.07, 6.45) is 1.37. The zero-order chi connectivity index (χ0) is 14.5. The first-order chi connectivity index (χ1) is 10.3. The molecular formula is C18H20BrNO. The lowest BCUT2D eigenvalue weighted by atomic mass is 9.88. The second-order valence-electron chi connectivity index (χ2n) is 5.49. The number of nitrogens with one attached hydrogen (secondary N) is 1. The van der Waals surface area contributed by atoms with Crippen LogP contribution in [0.5, 0.6) is 0 Å². The molecule has 0 amide bonds. The van der Waals surface area contributed by atoms with E-state index in [2.05, 4.69) is 75.8 Å². The lowest BCUT2D eigenvalue weighted by Gasteiger charge is -2.32. The Balaban J connectivity index is 1.66. The molecular weight excluding hydrogens is 326 g/mol. The molecule has 1 aliphatic heterocycles. The summed E-state index contributed by atoms with van der Waals surface area (Å²) in [5.41, 5.74) is 2.61. The van der Waals surface area contributed by atoms with Gasteiger partial charge in [-0.1, -0.05) is 58.4 Å². The van der Waals surface area contributed by atoms with E-state index in [9.17, 15) is 0 Å². The Morgan fingerprint density at radius 3 is 2.57 bits per heavy atom. The van der Waals surface area contributed by atoms with Crippen LogP contribution in [0.3, 0.4) is 0 Å². The van der Waals surface area contributed by atoms with Gasteiger partial charge in [0.05, 0.1) is 12.7 Å². The number of halogens is 1. The van der Waals surface area contributed by atoms with Crippen LogP contribution in [0, 0.1) is 0 Å². The summed E-state index contributed by atoms with van der Waals surface area (Å²) in [6.45, 7) is 2.66. The van der Waals surface area contributed by atoms with Gasteiger partial charge in [-0.05, 0) is 36.2 Å². The molecule has 0 saturated carbocycles. The molecule has 1 fully saturated rings. The average molecular weight is 346 g/mol. The first-order valence-corrected chi connectivity index (χ1v) is 8.24. The summed E-state index contributed by atoms with van der Waals surface area (Å²) >= 11 is 3.46. The van der Waals surface area contributed by atoms with Crippen molar-refractivity contribution >= 4 is 15.9 Å². The van der Waals surface area contributed by atoms with Gasteiger partial charge in [0.2, 0.25) is 0 Å². The van der Waals surface area contributed by atoms with Crippen LogP contribution < -0.4 is 5.32 Å². The van der Waals surface area contributed by atoms with Crippen molar-refractivity contribution in [1.29, 1.82) is 0 Å². The number of hydrogen-bond donors (Lipinski definition) is 1. The lowest BCUT2D eigenvalue weighted by Crippen LogP contribution is -2.40. The molecule has 2 atom stereocenters. The fourth-order valence-electron chi connectivity index (χ4n) is 2.87. The zero-order valence-electron chi connectivity index (χ0n) is 12.0. The average Bonchev–Trinajstić information content (AvgIpc) is 2.55. The lowest BCUT2D eigenvalue weighted by molar-refractivity contribution is 0.0106. The van der Waals surface area contributed by atoms with Crippen LogP contribution in [0.2, 0.25) is 0 Å². The maximum Gasteiger partial charge on any atom is 0.0772 e. The van der Waals surface area contributed by atoms with E-state index in [4.69, 9.17) is 4.74 Å². The molecule has 0 bridgehead atoms. The fourth-order valence-corrected chi connectivity index (χ4v) is 3.13. The van der Waals surface area contributed by atoms with Crippen LogP contribution in [-0.2, 0) is 11.3 Å². The second-order valence-corrected chi connectivity index (χ2v) is 6.40. The minimum absolute atomic E-state index is 0.241. The first kappa shape index (κ1) is 14.8. The van der Waals surface area contributed by atoms with Gasteiger partial charge in [0.1, 0.15) is 0 Å². The number of benzene rings is 2. The van der Waals surface area contributed by atoms with Crippen molar-refractivity contribution in [2.45, 2.75) is 25.0 Å². The van der Waals surface area contributed by atoms with Crippen molar-refractivity contribution in [2.24, 2.45) is 0 Å². The summed E-state index contributed by atoms with van der Waals surface area (Å²) in [4.78, 5) is 0. The van der Waals surface area contributed by atoms with Gasteiger partial charge in [0.25, 0.3) is 0 Å². The van der Waals surface area contributed by atoms with Gasteiger partial charge >= 0.3 is 0 Å². The van der Waals surface area contributed by atoms with Crippen molar-refractivity contribution < 1.29 is 4.74 Å². The van der Waals surface area contributed by atoms with Crippen molar-refractivity contribution in [2.75, 3.05) is 13.1 Å². The minimum atomic E-state index is 0.241. The molecule has 2 aromatic carbocycles. The Kier molecular flexibility index (Phi) is 5.07. The van der Waals surface area contributed by atoms with E-state index in [0.29, 0.717) is 12.5 Å². The fraction of sp³-hybridized carbons (Fsp3) is 0.333.